The first-order valence-corrected chi connectivity index (χ1v) is 14.4. The zero-order chi connectivity index (χ0) is 22.2. The Bertz CT molecular complexity index is 1460. The molecule has 0 spiro atoms. The molecule has 4 heteroatoms. The van der Waals surface area contributed by atoms with Crippen LogP contribution in [0, 0.1) is 6.92 Å². The molecule has 5 aromatic rings. The molecule has 0 bridgehead atoms. The van der Waals surface area contributed by atoms with Crippen LogP contribution >= 0.6 is 45.3 Å². The third-order valence-electron chi connectivity index (χ3n) is 5.73. The van der Waals surface area contributed by atoms with Gasteiger partial charge in [0.1, 0.15) is 0 Å². The molecule has 0 aliphatic carbocycles. The zero-order valence-electron chi connectivity index (χ0n) is 18.8. The standard InChI is InChI=1S/C28H26S4/c1-5-8-26-23(22-13-18(6-2)29-17(22)4)15-20(31-26)9-10-21-16-25-24-14-19(7-3)30-27(24)11-12-28(25)32-21/h5,8-16H,6-7H2,1-4H3/b8-5-,10-9+. The first kappa shape index (κ1) is 21.8. The van der Waals surface area contributed by atoms with Crippen LogP contribution in [0.5, 0.6) is 0 Å². The van der Waals surface area contributed by atoms with Gasteiger partial charge in [0, 0.05) is 55.0 Å². The molecule has 162 valence electrons. The average Bonchev–Trinajstić information content (AvgIpc) is 3.55. The molecule has 0 saturated heterocycles. The molecule has 0 atom stereocenters. The molecule has 32 heavy (non-hydrogen) atoms. The molecule has 4 aromatic heterocycles. The van der Waals surface area contributed by atoms with Gasteiger partial charge < -0.3 is 0 Å². The van der Waals surface area contributed by atoms with E-state index in [0.717, 1.165) is 12.8 Å². The number of fused-ring (bicyclic) bond motifs is 3. The lowest BCUT2D eigenvalue weighted by Crippen LogP contribution is -1.76. The van der Waals surface area contributed by atoms with Crippen LogP contribution in [0.15, 0.2) is 42.5 Å². The van der Waals surface area contributed by atoms with Gasteiger partial charge in [0.05, 0.1) is 0 Å². The number of allylic oxidation sites excluding steroid dienone is 1. The summed E-state index contributed by atoms with van der Waals surface area (Å²) in [5.74, 6) is 0. The van der Waals surface area contributed by atoms with E-state index in [9.17, 15) is 0 Å². The van der Waals surface area contributed by atoms with Gasteiger partial charge in [-0.25, -0.2) is 0 Å². The Morgan fingerprint density at radius 3 is 2.03 bits per heavy atom. The van der Waals surface area contributed by atoms with Gasteiger partial charge in [-0.15, -0.1) is 45.3 Å². The topological polar surface area (TPSA) is 0 Å². The van der Waals surface area contributed by atoms with Crippen molar-refractivity contribution < 1.29 is 0 Å². The Hall–Kier alpha value is -1.98. The van der Waals surface area contributed by atoms with Crippen LogP contribution in [0.3, 0.4) is 0 Å². The predicted octanol–water partition coefficient (Wildman–Crippen LogP) is 10.5. The van der Waals surface area contributed by atoms with Crippen molar-refractivity contribution in [3.63, 3.8) is 0 Å². The Balaban J connectivity index is 1.51. The highest BCUT2D eigenvalue weighted by atomic mass is 32.1. The largest absolute Gasteiger partial charge is 0.145 e. The predicted molar refractivity (Wildman–Crippen MR) is 152 cm³/mol. The van der Waals surface area contributed by atoms with Crippen molar-refractivity contribution in [3.8, 4) is 11.1 Å². The number of rotatable bonds is 6. The van der Waals surface area contributed by atoms with E-state index in [1.165, 1.54) is 60.6 Å². The van der Waals surface area contributed by atoms with Gasteiger partial charge in [0.25, 0.3) is 0 Å². The molecule has 0 fully saturated rings. The molecule has 5 rings (SSSR count). The molecule has 0 amide bonds. The summed E-state index contributed by atoms with van der Waals surface area (Å²) in [7, 11) is 0. The fourth-order valence-electron chi connectivity index (χ4n) is 4.10. The fraction of sp³-hybridized carbons (Fsp3) is 0.214. The Morgan fingerprint density at radius 1 is 0.688 bits per heavy atom. The summed E-state index contributed by atoms with van der Waals surface area (Å²) in [6.07, 6.45) is 11.2. The fourth-order valence-corrected chi connectivity index (χ4v) is 8.14. The summed E-state index contributed by atoms with van der Waals surface area (Å²) in [4.78, 5) is 8.31. The first-order chi connectivity index (χ1) is 15.6. The highest BCUT2D eigenvalue weighted by Gasteiger charge is 2.13. The van der Waals surface area contributed by atoms with Gasteiger partial charge in [0.15, 0.2) is 0 Å². The SMILES string of the molecule is C/C=C\c1sc(/C=C/c2cc3c(ccc4sc(CC)cc43)s2)cc1-c1cc(CC)sc1C. The second-order valence-electron chi connectivity index (χ2n) is 7.90. The molecule has 0 N–H and O–H groups in total. The number of hydrogen-bond acceptors (Lipinski definition) is 4. The normalized spacial score (nSPS) is 12.4. The smallest absolute Gasteiger partial charge is 0.0356 e. The van der Waals surface area contributed by atoms with E-state index >= 15 is 0 Å². The van der Waals surface area contributed by atoms with E-state index in [1.54, 1.807) is 0 Å². The van der Waals surface area contributed by atoms with Gasteiger partial charge in [-0.3, -0.25) is 0 Å². The molecule has 0 radical (unpaired) electrons. The van der Waals surface area contributed by atoms with Crippen LogP contribution in [0.4, 0.5) is 0 Å². The van der Waals surface area contributed by atoms with Crippen molar-refractivity contribution in [3.05, 3.63) is 71.7 Å². The maximum atomic E-state index is 2.38. The second kappa shape index (κ2) is 9.11. The number of hydrogen-bond donors (Lipinski definition) is 0. The van der Waals surface area contributed by atoms with Crippen molar-refractivity contribution >= 4 is 83.7 Å². The van der Waals surface area contributed by atoms with Crippen LogP contribution in [-0.2, 0) is 12.8 Å². The molecular formula is C28H26S4. The Labute approximate surface area is 206 Å². The number of thiophene rings is 4. The molecule has 0 nitrogen and oxygen atoms in total. The number of benzene rings is 1. The lowest BCUT2D eigenvalue weighted by Gasteiger charge is -1.98. The summed E-state index contributed by atoms with van der Waals surface area (Å²) in [6, 6.07) is 14.1. The van der Waals surface area contributed by atoms with E-state index in [0.29, 0.717) is 0 Å². The van der Waals surface area contributed by atoms with E-state index < -0.39 is 0 Å². The van der Waals surface area contributed by atoms with Crippen LogP contribution in [0.25, 0.3) is 49.5 Å². The lowest BCUT2D eigenvalue weighted by molar-refractivity contribution is 1.19. The minimum absolute atomic E-state index is 1.10. The van der Waals surface area contributed by atoms with Gasteiger partial charge in [-0.1, -0.05) is 19.9 Å². The van der Waals surface area contributed by atoms with E-state index in [4.69, 9.17) is 0 Å². The quantitative estimate of drug-likeness (QED) is 0.222. The van der Waals surface area contributed by atoms with Gasteiger partial charge in [-0.05, 0) is 86.9 Å². The van der Waals surface area contributed by atoms with E-state index in [-0.39, 0.29) is 0 Å². The summed E-state index contributed by atoms with van der Waals surface area (Å²) in [5.41, 5.74) is 2.76. The van der Waals surface area contributed by atoms with Gasteiger partial charge in [-0.2, -0.15) is 0 Å². The average molecular weight is 491 g/mol. The maximum absolute atomic E-state index is 2.38. The van der Waals surface area contributed by atoms with Crippen LogP contribution < -0.4 is 0 Å². The van der Waals surface area contributed by atoms with Crippen LogP contribution in [-0.4, -0.2) is 0 Å². The summed E-state index contributed by atoms with van der Waals surface area (Å²) >= 11 is 7.61. The lowest BCUT2D eigenvalue weighted by atomic mass is 10.1. The monoisotopic (exact) mass is 490 g/mol. The summed E-state index contributed by atoms with van der Waals surface area (Å²) in [5, 5.41) is 2.80. The van der Waals surface area contributed by atoms with Crippen LogP contribution in [0.2, 0.25) is 0 Å². The minimum Gasteiger partial charge on any atom is -0.145 e. The third-order valence-corrected chi connectivity index (χ3v) is 10.3. The van der Waals surface area contributed by atoms with Crippen molar-refractivity contribution in [2.75, 3.05) is 0 Å². The maximum Gasteiger partial charge on any atom is 0.0356 e. The van der Waals surface area contributed by atoms with Crippen molar-refractivity contribution in [2.45, 2.75) is 40.5 Å². The molecule has 0 unspecified atom stereocenters. The molecular weight excluding hydrogens is 465 g/mol. The van der Waals surface area contributed by atoms with Crippen molar-refractivity contribution in [1.29, 1.82) is 0 Å². The third kappa shape index (κ3) is 4.06. The van der Waals surface area contributed by atoms with Gasteiger partial charge in [0.2, 0.25) is 0 Å². The molecule has 0 saturated carbocycles. The highest BCUT2D eigenvalue weighted by Crippen LogP contribution is 2.40. The Kier molecular flexibility index (Phi) is 6.22. The Morgan fingerprint density at radius 2 is 1.34 bits per heavy atom. The molecule has 0 aliphatic rings. The van der Waals surface area contributed by atoms with Crippen molar-refractivity contribution in [2.24, 2.45) is 0 Å². The molecule has 0 aliphatic heterocycles. The summed E-state index contributed by atoms with van der Waals surface area (Å²) in [6.45, 7) is 8.82. The second-order valence-corrected chi connectivity index (χ2v) is 12.6. The molecule has 1 aromatic carbocycles. The number of aryl methyl sites for hydroxylation is 3. The minimum atomic E-state index is 1.10. The van der Waals surface area contributed by atoms with Gasteiger partial charge >= 0.3 is 0 Å². The zero-order valence-corrected chi connectivity index (χ0v) is 22.1. The first-order valence-electron chi connectivity index (χ1n) is 11.1. The van der Waals surface area contributed by atoms with E-state index in [2.05, 4.69) is 88.4 Å². The highest BCUT2D eigenvalue weighted by molar-refractivity contribution is 7.21. The molecule has 4 heterocycles. The van der Waals surface area contributed by atoms with Crippen LogP contribution in [0.1, 0.15) is 50.0 Å². The summed E-state index contributed by atoms with van der Waals surface area (Å²) < 4.78 is 2.78. The van der Waals surface area contributed by atoms with E-state index in [1.807, 2.05) is 45.3 Å². The van der Waals surface area contributed by atoms with Crippen molar-refractivity contribution in [1.82, 2.24) is 0 Å².